The fourth-order valence-corrected chi connectivity index (χ4v) is 11.0. The molecular weight excluding hydrogens is 851 g/mol. The van der Waals surface area contributed by atoms with E-state index in [-0.39, 0.29) is 21.7 Å². The normalized spacial score (nSPS) is 14.4. The minimum absolute atomic E-state index is 0.0560. The molecule has 2 heterocycles. The molecule has 2 nitrogen and oxygen atoms in total. The molecule has 0 amide bonds. The fourth-order valence-electron chi connectivity index (χ4n) is 9.71. The highest BCUT2D eigenvalue weighted by Crippen LogP contribution is 2.54. The number of halogens is 3. The minimum atomic E-state index is -0.0560. The second-order valence-corrected chi connectivity index (χ2v) is 22.0. The van der Waals surface area contributed by atoms with Crippen molar-refractivity contribution in [3.8, 4) is 28.2 Å². The van der Waals surface area contributed by atoms with Gasteiger partial charge in [-0.25, -0.2) is 0 Å². The summed E-state index contributed by atoms with van der Waals surface area (Å²) in [5.74, 6) is 0. The van der Waals surface area contributed by atoms with Gasteiger partial charge in [0.2, 0.25) is 0 Å². The molecule has 0 radical (unpaired) electrons. The van der Waals surface area contributed by atoms with Crippen LogP contribution in [-0.4, -0.2) is 9.55 Å². The molecule has 2 aliphatic rings. The number of aryl methyl sites for hydroxylation is 2. The molecule has 2 aliphatic carbocycles. The topological polar surface area (TPSA) is 20.7 Å². The summed E-state index contributed by atoms with van der Waals surface area (Å²) in [5, 5.41) is 4.28. The Kier molecular flexibility index (Phi) is 10.9. The van der Waals surface area contributed by atoms with E-state index in [9.17, 15) is 0 Å². The first kappa shape index (κ1) is 43.1. The van der Waals surface area contributed by atoms with Crippen LogP contribution in [0.5, 0.6) is 0 Å². The molecule has 10 rings (SSSR count). The summed E-state index contributed by atoms with van der Waals surface area (Å²) in [6.07, 6.45) is 0. The van der Waals surface area contributed by atoms with Crippen LogP contribution in [0.4, 0.5) is 0 Å². The van der Waals surface area contributed by atoms with Crippen molar-refractivity contribution in [2.24, 2.45) is 0 Å². The van der Waals surface area contributed by atoms with Crippen LogP contribution < -0.4 is 0 Å². The van der Waals surface area contributed by atoms with Crippen molar-refractivity contribution < 1.29 is 0 Å². The molecule has 0 unspecified atom stereocenters. The molecular formula is C56H57BrCl2N2. The van der Waals surface area contributed by atoms with E-state index in [1.54, 1.807) is 0 Å². The van der Waals surface area contributed by atoms with Gasteiger partial charge in [-0.2, -0.15) is 0 Å². The van der Waals surface area contributed by atoms with E-state index in [2.05, 4.69) is 199 Å². The lowest BCUT2D eigenvalue weighted by atomic mass is 9.80. The van der Waals surface area contributed by atoms with Crippen molar-refractivity contribution in [1.29, 1.82) is 0 Å². The highest BCUT2D eigenvalue weighted by Gasteiger charge is 2.41. The number of fused-ring (bicyclic) bond motifs is 10. The van der Waals surface area contributed by atoms with Crippen LogP contribution in [-0.2, 0) is 21.7 Å². The van der Waals surface area contributed by atoms with Crippen LogP contribution in [0.15, 0.2) is 126 Å². The Balaban J connectivity index is 0.000000144. The summed E-state index contributed by atoms with van der Waals surface area (Å²) >= 11 is 15.5. The van der Waals surface area contributed by atoms with Crippen molar-refractivity contribution in [1.82, 2.24) is 9.55 Å². The Hall–Kier alpha value is -4.54. The molecule has 0 aliphatic heterocycles. The molecule has 0 spiro atoms. The number of hydrogen-bond donors (Lipinski definition) is 1. The Labute approximate surface area is 381 Å². The largest absolute Gasteiger partial charge is 0.354 e. The third kappa shape index (κ3) is 7.70. The van der Waals surface area contributed by atoms with Gasteiger partial charge in [0, 0.05) is 58.5 Å². The zero-order valence-corrected chi connectivity index (χ0v) is 40.7. The SMILES string of the molecule is CC(C)(C)c1ccc2[nH]c3c(c2c1)C(C)(C)c1ccccc1-3.Cc1cc(Cl)cc(-n2c3c(c4cc(C(C)(C)C)ccc42)C(C)(C)c2ccccc2-3)c1.Cc1cc(Cl)cc(Br)c1. The van der Waals surface area contributed by atoms with Gasteiger partial charge in [-0.3, -0.25) is 0 Å². The van der Waals surface area contributed by atoms with Crippen LogP contribution in [0, 0.1) is 13.8 Å². The highest BCUT2D eigenvalue weighted by atomic mass is 79.9. The lowest BCUT2D eigenvalue weighted by molar-refractivity contribution is 0.590. The number of hydrogen-bond acceptors (Lipinski definition) is 0. The van der Waals surface area contributed by atoms with Gasteiger partial charge in [-0.15, -0.1) is 0 Å². The summed E-state index contributed by atoms with van der Waals surface area (Å²) in [6, 6.07) is 43.7. The smallest absolute Gasteiger partial charge is 0.0585 e. The quantitative estimate of drug-likeness (QED) is 0.169. The Bertz CT molecular complexity index is 2930. The third-order valence-electron chi connectivity index (χ3n) is 12.8. The molecule has 0 fully saturated rings. The maximum Gasteiger partial charge on any atom is 0.0585 e. The van der Waals surface area contributed by atoms with Gasteiger partial charge >= 0.3 is 0 Å². The summed E-state index contributed by atoms with van der Waals surface area (Å²) in [6.45, 7) is 27.2. The predicted molar refractivity (Wildman–Crippen MR) is 268 cm³/mol. The number of nitrogens with zero attached hydrogens (tertiary/aromatic N) is 1. The van der Waals surface area contributed by atoms with Crippen LogP contribution in [0.25, 0.3) is 50.0 Å². The van der Waals surface area contributed by atoms with E-state index in [0.717, 1.165) is 20.2 Å². The van der Waals surface area contributed by atoms with Gasteiger partial charge in [0.1, 0.15) is 0 Å². The molecule has 5 heteroatoms. The van der Waals surface area contributed by atoms with E-state index >= 15 is 0 Å². The van der Waals surface area contributed by atoms with Crippen molar-refractivity contribution >= 4 is 60.9 Å². The molecule has 0 bridgehead atoms. The van der Waals surface area contributed by atoms with Crippen molar-refractivity contribution in [3.05, 3.63) is 180 Å². The van der Waals surface area contributed by atoms with Gasteiger partial charge in [-0.1, -0.05) is 169 Å². The lowest BCUT2D eigenvalue weighted by Crippen LogP contribution is -2.15. The highest BCUT2D eigenvalue weighted by molar-refractivity contribution is 9.10. The summed E-state index contributed by atoms with van der Waals surface area (Å²) < 4.78 is 3.45. The second kappa shape index (κ2) is 15.4. The van der Waals surface area contributed by atoms with E-state index < -0.39 is 0 Å². The zero-order chi connectivity index (χ0) is 44.0. The molecule has 6 aromatic carbocycles. The molecule has 2 aromatic heterocycles. The van der Waals surface area contributed by atoms with Gasteiger partial charge in [0.15, 0.2) is 0 Å². The Morgan fingerprint density at radius 1 is 0.557 bits per heavy atom. The average molecular weight is 909 g/mol. The van der Waals surface area contributed by atoms with Crippen molar-refractivity contribution in [2.45, 2.75) is 105 Å². The van der Waals surface area contributed by atoms with Gasteiger partial charge in [-0.05, 0) is 130 Å². The first-order valence-electron chi connectivity index (χ1n) is 21.3. The van der Waals surface area contributed by atoms with E-state index in [1.807, 2.05) is 31.2 Å². The van der Waals surface area contributed by atoms with Crippen LogP contribution >= 0.6 is 39.1 Å². The van der Waals surface area contributed by atoms with E-state index in [0.29, 0.717) is 0 Å². The molecule has 8 aromatic rings. The first-order valence-corrected chi connectivity index (χ1v) is 22.9. The summed E-state index contributed by atoms with van der Waals surface area (Å²) in [5.41, 5.74) is 20.0. The maximum absolute atomic E-state index is 6.50. The van der Waals surface area contributed by atoms with E-state index in [4.69, 9.17) is 23.2 Å². The van der Waals surface area contributed by atoms with Crippen LogP contribution in [0.1, 0.15) is 114 Å². The number of aromatic amines is 1. The fraction of sp³-hybridized carbons (Fsp3) is 0.286. The average Bonchev–Trinajstić information content (AvgIpc) is 3.85. The Morgan fingerprint density at radius 2 is 1.08 bits per heavy atom. The minimum Gasteiger partial charge on any atom is -0.354 e. The lowest BCUT2D eigenvalue weighted by Gasteiger charge is -2.23. The molecule has 0 saturated carbocycles. The maximum atomic E-state index is 6.50. The second-order valence-electron chi connectivity index (χ2n) is 20.2. The van der Waals surface area contributed by atoms with Crippen molar-refractivity contribution in [2.75, 3.05) is 0 Å². The van der Waals surface area contributed by atoms with Crippen molar-refractivity contribution in [3.63, 3.8) is 0 Å². The van der Waals surface area contributed by atoms with Gasteiger partial charge in [0.05, 0.1) is 16.9 Å². The third-order valence-corrected chi connectivity index (χ3v) is 13.7. The molecule has 61 heavy (non-hydrogen) atoms. The number of rotatable bonds is 1. The number of aromatic nitrogens is 2. The summed E-state index contributed by atoms with van der Waals surface area (Å²) in [4.78, 5) is 3.67. The number of nitrogens with one attached hydrogen (secondary N) is 1. The molecule has 0 atom stereocenters. The zero-order valence-electron chi connectivity index (χ0n) is 37.6. The molecule has 312 valence electrons. The predicted octanol–water partition coefficient (Wildman–Crippen LogP) is 17.4. The van der Waals surface area contributed by atoms with Crippen LogP contribution in [0.2, 0.25) is 10.0 Å². The van der Waals surface area contributed by atoms with Gasteiger partial charge in [0.25, 0.3) is 0 Å². The van der Waals surface area contributed by atoms with E-state index in [1.165, 1.54) is 88.8 Å². The first-order chi connectivity index (χ1) is 28.6. The standard InChI is InChI=1S/C28H28ClN.C21H23N.C7H6BrCl/c1-17-13-19(29)16-20(14-17)30-24-12-11-18(27(2,3)4)15-22(24)25-26(30)21-9-7-8-10-23(21)28(25,5)6;1-20(2,3)13-10-11-17-15(12-13)18-19(22-17)14-8-6-7-9-16(14)21(18,4)5;1-5-2-6(8)4-7(9)3-5/h7-16H,1-6H3;6-12,22H,1-5H3;2-4H,1H3. The molecule has 1 N–H and O–H groups in total. The molecule has 0 saturated heterocycles. The van der Waals surface area contributed by atoms with Crippen LogP contribution in [0.3, 0.4) is 0 Å². The number of benzene rings is 6. The Morgan fingerprint density at radius 3 is 1.67 bits per heavy atom. The number of H-pyrrole nitrogens is 1. The monoisotopic (exact) mass is 906 g/mol. The van der Waals surface area contributed by atoms with Gasteiger partial charge < -0.3 is 9.55 Å². The summed E-state index contributed by atoms with van der Waals surface area (Å²) in [7, 11) is 0.